The van der Waals surface area contributed by atoms with Gasteiger partial charge in [-0.15, -0.1) is 0 Å². The van der Waals surface area contributed by atoms with Crippen molar-refractivity contribution in [2.24, 2.45) is 17.1 Å². The van der Waals surface area contributed by atoms with E-state index in [0.29, 0.717) is 6.42 Å². The number of primary amides is 1. The number of esters is 4. The first-order valence-corrected chi connectivity index (χ1v) is 15.0. The van der Waals surface area contributed by atoms with Gasteiger partial charge in [-0.25, -0.2) is 0 Å². The van der Waals surface area contributed by atoms with E-state index in [9.17, 15) is 24.0 Å². The molecule has 2 aliphatic rings. The zero-order chi connectivity index (χ0) is 34.1. The quantitative estimate of drug-likeness (QED) is 0.151. The summed E-state index contributed by atoms with van der Waals surface area (Å²) < 4.78 is 28.8. The molecule has 2 unspecified atom stereocenters. The molecule has 0 spiro atoms. The predicted octanol–water partition coefficient (Wildman–Crippen LogP) is 4.36. The van der Waals surface area contributed by atoms with Crippen molar-refractivity contribution in [1.29, 1.82) is 0 Å². The Labute approximate surface area is 265 Å². The highest BCUT2D eigenvalue weighted by atomic mass is 16.7. The molecule has 11 nitrogen and oxygen atoms in total. The van der Waals surface area contributed by atoms with Crippen LogP contribution in [0.1, 0.15) is 75.2 Å². The van der Waals surface area contributed by atoms with Gasteiger partial charge in [0.2, 0.25) is 5.91 Å². The number of carbonyl (C=O) groups is 5. The highest BCUT2D eigenvalue weighted by molar-refractivity contribution is 5.86. The van der Waals surface area contributed by atoms with E-state index < -0.39 is 65.7 Å². The lowest BCUT2D eigenvalue weighted by Gasteiger charge is -2.51. The van der Waals surface area contributed by atoms with E-state index in [4.69, 9.17) is 29.4 Å². The van der Waals surface area contributed by atoms with Crippen LogP contribution in [-0.4, -0.2) is 66.9 Å². The van der Waals surface area contributed by atoms with Crippen molar-refractivity contribution in [3.05, 3.63) is 58.7 Å². The summed E-state index contributed by atoms with van der Waals surface area (Å²) in [4.78, 5) is 59.6. The van der Waals surface area contributed by atoms with Gasteiger partial charge < -0.3 is 29.4 Å². The van der Waals surface area contributed by atoms with Crippen LogP contribution in [0.3, 0.4) is 0 Å². The third-order valence-electron chi connectivity index (χ3n) is 7.94. The molecule has 1 aliphatic carbocycles. The predicted molar refractivity (Wildman–Crippen MR) is 166 cm³/mol. The normalized spacial score (nSPS) is 27.3. The smallest absolute Gasteiger partial charge is 0.303 e. The van der Waals surface area contributed by atoms with Crippen LogP contribution in [0.4, 0.5) is 0 Å². The Morgan fingerprint density at radius 2 is 1.42 bits per heavy atom. The van der Waals surface area contributed by atoms with Crippen molar-refractivity contribution in [2.75, 3.05) is 6.61 Å². The number of hydrogen-bond donors (Lipinski definition) is 1. The van der Waals surface area contributed by atoms with Crippen molar-refractivity contribution < 1.29 is 47.7 Å². The highest BCUT2D eigenvalue weighted by Gasteiger charge is 2.56. The minimum atomic E-state index is -1.21. The molecule has 1 heterocycles. The summed E-state index contributed by atoms with van der Waals surface area (Å²) in [7, 11) is 0. The molecule has 0 bridgehead atoms. The van der Waals surface area contributed by atoms with Crippen molar-refractivity contribution >= 4 is 29.8 Å². The van der Waals surface area contributed by atoms with Crippen LogP contribution in [-0.2, 0) is 47.7 Å². The van der Waals surface area contributed by atoms with Crippen molar-refractivity contribution in [2.45, 2.75) is 106 Å². The summed E-state index contributed by atoms with van der Waals surface area (Å²) in [5, 5.41) is 0. The Hall–Kier alpha value is -3.99. The maximum Gasteiger partial charge on any atom is 0.303 e. The molecular weight excluding hydrogens is 582 g/mol. The Morgan fingerprint density at radius 1 is 0.844 bits per heavy atom. The van der Waals surface area contributed by atoms with Gasteiger partial charge in [-0.05, 0) is 56.1 Å². The van der Waals surface area contributed by atoms with Crippen LogP contribution in [0.2, 0.25) is 0 Å². The first-order chi connectivity index (χ1) is 20.9. The van der Waals surface area contributed by atoms with Crippen molar-refractivity contribution in [3.8, 4) is 0 Å². The largest absolute Gasteiger partial charge is 0.463 e. The number of rotatable bonds is 11. The first kappa shape index (κ1) is 37.2. The molecule has 6 atom stereocenters. The van der Waals surface area contributed by atoms with Gasteiger partial charge in [-0.1, -0.05) is 55.4 Å². The van der Waals surface area contributed by atoms with Gasteiger partial charge in [-0.2, -0.15) is 0 Å². The Kier molecular flexibility index (Phi) is 13.5. The van der Waals surface area contributed by atoms with Crippen LogP contribution >= 0.6 is 0 Å². The minimum Gasteiger partial charge on any atom is -0.463 e. The molecule has 2 rings (SSSR count). The summed E-state index contributed by atoms with van der Waals surface area (Å²) >= 11 is 0. The number of amides is 1. The maximum absolute atomic E-state index is 12.4. The van der Waals surface area contributed by atoms with E-state index >= 15 is 0 Å². The van der Waals surface area contributed by atoms with Crippen molar-refractivity contribution in [1.82, 2.24) is 0 Å². The number of allylic oxidation sites excluding steroid dienone is 9. The molecule has 1 amide bonds. The fourth-order valence-corrected chi connectivity index (χ4v) is 6.03. The minimum absolute atomic E-state index is 0.257. The number of ether oxygens (including phenoxy) is 5. The summed E-state index contributed by atoms with van der Waals surface area (Å²) in [6, 6.07) is 0. The fourth-order valence-electron chi connectivity index (χ4n) is 6.03. The summed E-state index contributed by atoms with van der Waals surface area (Å²) in [6.45, 7) is 14.6. The molecule has 0 radical (unpaired) electrons. The molecule has 45 heavy (non-hydrogen) atoms. The van der Waals surface area contributed by atoms with Gasteiger partial charge in [0.1, 0.15) is 18.8 Å². The molecule has 0 aromatic rings. The topological polar surface area (TPSA) is 158 Å². The average molecular weight is 630 g/mol. The third-order valence-corrected chi connectivity index (χ3v) is 7.94. The Bertz CT molecular complexity index is 1300. The third kappa shape index (κ3) is 10.8. The molecule has 11 heteroatoms. The lowest BCUT2D eigenvalue weighted by atomic mass is 9.62. The number of nitrogens with two attached hydrogens (primary N) is 1. The van der Waals surface area contributed by atoms with Crippen LogP contribution in [0.25, 0.3) is 0 Å². The standard InChI is InChI=1S/C34H47NO10/c1-19(11-10-12-20(2)17-29(35)40)13-15-26-21(3)14-16-27(34(26,8)9)30-32(43-24(6)38)33(44-25(7)39)31(42-23(5)37)28(45-30)18-41-22(4)36/h10-13,15,17,27-28,30-33H,14,16,18H2,1-9H3,(H2,35,40)/b12-10+,15-13+,19-11+,20-17+/t27?,28-,30?,31-,32+,33+/m1/s1. The highest BCUT2D eigenvalue weighted by Crippen LogP contribution is 2.50. The molecule has 1 saturated heterocycles. The van der Waals surface area contributed by atoms with Crippen molar-refractivity contribution in [3.63, 3.8) is 0 Å². The SMILES string of the molecule is CC(=O)OC[C@H]1OC(C2CCC(C)=C(/C=C/C(C)=C/C=C/C(C)=C/C(N)=O)C2(C)C)[C@H](OC(C)=O)[C@@H](OC(C)=O)[C@@H]1OC(C)=O. The summed E-state index contributed by atoms with van der Waals surface area (Å²) in [6.07, 6.45) is 7.00. The van der Waals surface area contributed by atoms with Gasteiger partial charge in [0, 0.05) is 33.8 Å². The lowest BCUT2D eigenvalue weighted by molar-refractivity contribution is -0.266. The molecular formula is C34H47NO10. The van der Waals surface area contributed by atoms with Crippen LogP contribution in [0.15, 0.2) is 58.7 Å². The number of carbonyl (C=O) groups excluding carboxylic acids is 5. The van der Waals surface area contributed by atoms with Gasteiger partial charge >= 0.3 is 23.9 Å². The molecule has 0 aromatic carbocycles. The molecule has 248 valence electrons. The summed E-state index contributed by atoms with van der Waals surface area (Å²) in [5.41, 5.74) is 8.61. The average Bonchev–Trinajstić information content (AvgIpc) is 2.88. The van der Waals surface area contributed by atoms with E-state index in [2.05, 4.69) is 26.8 Å². The Balaban J connectivity index is 2.54. The zero-order valence-corrected chi connectivity index (χ0v) is 27.7. The monoisotopic (exact) mass is 629 g/mol. The van der Waals surface area contributed by atoms with E-state index in [0.717, 1.165) is 23.1 Å². The summed E-state index contributed by atoms with van der Waals surface area (Å²) in [5.74, 6) is -3.29. The van der Waals surface area contributed by atoms with Gasteiger partial charge in [0.25, 0.3) is 0 Å². The lowest BCUT2D eigenvalue weighted by Crippen LogP contribution is -2.65. The zero-order valence-electron chi connectivity index (χ0n) is 27.7. The van der Waals surface area contributed by atoms with Crippen LogP contribution in [0, 0.1) is 11.3 Å². The van der Waals surface area contributed by atoms with Gasteiger partial charge in [0.15, 0.2) is 18.3 Å². The second kappa shape index (κ2) is 16.4. The molecule has 0 aromatic heterocycles. The molecule has 0 saturated carbocycles. The van der Waals surface area contributed by atoms with Gasteiger partial charge in [0.05, 0.1) is 0 Å². The number of hydrogen-bond acceptors (Lipinski definition) is 10. The maximum atomic E-state index is 12.4. The molecule has 1 fully saturated rings. The molecule has 2 N–H and O–H groups in total. The van der Waals surface area contributed by atoms with E-state index in [-0.39, 0.29) is 12.5 Å². The van der Waals surface area contributed by atoms with E-state index in [1.54, 1.807) is 13.0 Å². The molecule has 1 aliphatic heterocycles. The Morgan fingerprint density at radius 3 is 1.98 bits per heavy atom. The van der Waals surface area contributed by atoms with E-state index in [1.807, 2.05) is 25.2 Å². The van der Waals surface area contributed by atoms with E-state index in [1.165, 1.54) is 39.3 Å². The van der Waals surface area contributed by atoms with Crippen LogP contribution < -0.4 is 5.73 Å². The fraction of sp³-hybridized carbons (Fsp3) is 0.559. The first-order valence-electron chi connectivity index (χ1n) is 15.0. The van der Waals surface area contributed by atoms with Crippen LogP contribution in [0.5, 0.6) is 0 Å². The second-order valence-corrected chi connectivity index (χ2v) is 12.1. The second-order valence-electron chi connectivity index (χ2n) is 12.1. The van der Waals surface area contributed by atoms with Gasteiger partial charge in [-0.3, -0.25) is 24.0 Å².